The van der Waals surface area contributed by atoms with Gasteiger partial charge in [0.1, 0.15) is 4.32 Å². The number of nitrogens with zero attached hydrogens (tertiary/aromatic N) is 1. The zero-order chi connectivity index (χ0) is 10.5. The molecular weight excluding hydrogens is 219 g/mol. The van der Waals surface area contributed by atoms with Crippen LogP contribution in [0, 0.1) is 0 Å². The average molecular weight is 231 g/mol. The zero-order valence-corrected chi connectivity index (χ0v) is 9.15. The number of hydrogen-bond acceptors (Lipinski definition) is 2. The van der Waals surface area contributed by atoms with Gasteiger partial charge in [0, 0.05) is 13.1 Å². The Morgan fingerprint density at radius 1 is 1.31 bits per heavy atom. The number of thiocarbonyl (C=S) groups is 1. The van der Waals surface area contributed by atoms with Crippen LogP contribution in [0.2, 0.25) is 0 Å². The maximum Gasteiger partial charge on any atom is 0.398 e. The van der Waals surface area contributed by atoms with Crippen LogP contribution in [0.5, 0.6) is 0 Å². The summed E-state index contributed by atoms with van der Waals surface area (Å²) in [6.45, 7) is 5.04. The fourth-order valence-corrected chi connectivity index (χ4v) is 1.88. The van der Waals surface area contributed by atoms with Gasteiger partial charge in [-0.1, -0.05) is 24.0 Å². The van der Waals surface area contributed by atoms with E-state index >= 15 is 0 Å². The van der Waals surface area contributed by atoms with Crippen LogP contribution in [0.1, 0.15) is 13.8 Å². The van der Waals surface area contributed by atoms with Crippen LogP contribution in [-0.4, -0.2) is 34.2 Å². The molecule has 0 bridgehead atoms. The van der Waals surface area contributed by atoms with Gasteiger partial charge in [-0.25, -0.2) is 0 Å². The lowest BCUT2D eigenvalue weighted by molar-refractivity contribution is -0.105. The Bertz CT molecular complexity index is 166. The Labute approximate surface area is 85.7 Å². The second-order valence-electron chi connectivity index (χ2n) is 2.34. The van der Waals surface area contributed by atoms with Crippen molar-refractivity contribution in [3.05, 3.63) is 0 Å². The number of halogens is 3. The van der Waals surface area contributed by atoms with E-state index in [4.69, 9.17) is 12.2 Å². The first kappa shape index (κ1) is 13.0. The highest BCUT2D eigenvalue weighted by Crippen LogP contribution is 2.22. The maximum absolute atomic E-state index is 11.8. The van der Waals surface area contributed by atoms with Gasteiger partial charge in [0.05, 0.1) is 5.75 Å². The summed E-state index contributed by atoms with van der Waals surface area (Å²) >= 11 is 5.50. The predicted molar refractivity (Wildman–Crippen MR) is 54.0 cm³/mol. The molecule has 0 rings (SSSR count). The molecule has 0 aliphatic heterocycles. The lowest BCUT2D eigenvalue weighted by atomic mass is 10.6. The number of alkyl halides is 3. The summed E-state index contributed by atoms with van der Waals surface area (Å²) in [6, 6.07) is 0. The number of thioether (sulfide) groups is 1. The minimum atomic E-state index is -4.14. The maximum atomic E-state index is 11.8. The van der Waals surface area contributed by atoms with E-state index in [1.165, 1.54) is 0 Å². The second-order valence-corrected chi connectivity index (χ2v) is 3.95. The minimum Gasteiger partial charge on any atom is -0.358 e. The van der Waals surface area contributed by atoms with Gasteiger partial charge in [0.2, 0.25) is 0 Å². The van der Waals surface area contributed by atoms with Crippen molar-refractivity contribution in [1.29, 1.82) is 0 Å². The molecule has 0 amide bonds. The van der Waals surface area contributed by atoms with Crippen molar-refractivity contribution in [1.82, 2.24) is 4.90 Å². The van der Waals surface area contributed by atoms with Crippen molar-refractivity contribution in [3.8, 4) is 0 Å². The van der Waals surface area contributed by atoms with E-state index in [1.54, 1.807) is 4.90 Å². The molecule has 0 aromatic heterocycles. The van der Waals surface area contributed by atoms with Crippen LogP contribution in [0.25, 0.3) is 0 Å². The van der Waals surface area contributed by atoms with Crippen LogP contribution in [0.15, 0.2) is 0 Å². The normalized spacial score (nSPS) is 11.5. The molecule has 0 unspecified atom stereocenters. The molecule has 13 heavy (non-hydrogen) atoms. The summed E-state index contributed by atoms with van der Waals surface area (Å²) < 4.78 is 35.7. The summed E-state index contributed by atoms with van der Waals surface area (Å²) in [4.78, 5) is 1.73. The fourth-order valence-electron chi connectivity index (χ4n) is 0.717. The fraction of sp³-hybridized carbons (Fsp3) is 0.857. The van der Waals surface area contributed by atoms with Gasteiger partial charge in [0.25, 0.3) is 0 Å². The average Bonchev–Trinajstić information content (AvgIpc) is 2.02. The van der Waals surface area contributed by atoms with E-state index < -0.39 is 11.9 Å². The monoisotopic (exact) mass is 231 g/mol. The molecule has 0 aromatic rings. The smallest absolute Gasteiger partial charge is 0.358 e. The molecule has 6 heteroatoms. The van der Waals surface area contributed by atoms with Gasteiger partial charge in [-0.2, -0.15) is 13.2 Å². The molecule has 0 aromatic carbocycles. The molecule has 0 aliphatic carbocycles. The van der Waals surface area contributed by atoms with Gasteiger partial charge in [0.15, 0.2) is 0 Å². The molecular formula is C7H12F3NS2. The minimum absolute atomic E-state index is 0.322. The summed E-state index contributed by atoms with van der Waals surface area (Å²) in [5.74, 6) is -0.900. The largest absolute Gasteiger partial charge is 0.398 e. The van der Waals surface area contributed by atoms with Crippen LogP contribution < -0.4 is 0 Å². The third-order valence-corrected chi connectivity index (χ3v) is 2.97. The summed E-state index contributed by atoms with van der Waals surface area (Å²) in [6.07, 6.45) is -4.14. The Hall–Kier alpha value is 0.0300. The molecule has 1 nitrogen and oxygen atoms in total. The van der Waals surface area contributed by atoms with Gasteiger partial charge >= 0.3 is 6.18 Å². The second kappa shape index (κ2) is 5.70. The Balaban J connectivity index is 3.86. The lowest BCUT2D eigenvalue weighted by Gasteiger charge is -2.21. The number of hydrogen-bond donors (Lipinski definition) is 0. The standard InChI is InChI=1S/C7H12F3NS2/c1-3-11(4-2)6(12)13-5-7(8,9)10/h3-5H2,1-2H3. The molecule has 78 valence electrons. The Kier molecular flexibility index (Phi) is 5.71. The molecule has 0 heterocycles. The quantitative estimate of drug-likeness (QED) is 0.688. The molecule has 0 spiro atoms. The van der Waals surface area contributed by atoms with Gasteiger partial charge in [-0.15, -0.1) is 0 Å². The van der Waals surface area contributed by atoms with Crippen molar-refractivity contribution in [3.63, 3.8) is 0 Å². The van der Waals surface area contributed by atoms with E-state index in [1.807, 2.05) is 13.8 Å². The Morgan fingerprint density at radius 2 is 1.77 bits per heavy atom. The van der Waals surface area contributed by atoms with Crippen LogP contribution in [-0.2, 0) is 0 Å². The predicted octanol–water partition coefficient (Wildman–Crippen LogP) is 2.91. The zero-order valence-electron chi connectivity index (χ0n) is 7.52. The summed E-state index contributed by atoms with van der Waals surface area (Å²) in [5.41, 5.74) is 0. The van der Waals surface area contributed by atoms with E-state index in [-0.39, 0.29) is 0 Å². The van der Waals surface area contributed by atoms with E-state index in [9.17, 15) is 13.2 Å². The number of rotatable bonds is 3. The Morgan fingerprint density at radius 3 is 2.08 bits per heavy atom. The molecule has 0 aliphatic rings. The van der Waals surface area contributed by atoms with Crippen LogP contribution >= 0.6 is 24.0 Å². The van der Waals surface area contributed by atoms with Crippen molar-refractivity contribution in [2.24, 2.45) is 0 Å². The topological polar surface area (TPSA) is 3.24 Å². The molecule has 0 saturated heterocycles. The summed E-state index contributed by atoms with van der Waals surface area (Å²) in [7, 11) is 0. The van der Waals surface area contributed by atoms with Crippen molar-refractivity contribution in [2.45, 2.75) is 20.0 Å². The lowest BCUT2D eigenvalue weighted by Crippen LogP contribution is -2.28. The molecule has 0 saturated carbocycles. The first-order valence-electron chi connectivity index (χ1n) is 3.89. The SMILES string of the molecule is CCN(CC)C(=S)SCC(F)(F)F. The highest BCUT2D eigenvalue weighted by Gasteiger charge is 2.28. The van der Waals surface area contributed by atoms with Gasteiger partial charge < -0.3 is 4.90 Å². The highest BCUT2D eigenvalue weighted by atomic mass is 32.2. The molecule has 0 fully saturated rings. The third kappa shape index (κ3) is 6.15. The first-order valence-corrected chi connectivity index (χ1v) is 5.28. The van der Waals surface area contributed by atoms with Gasteiger partial charge in [-0.3, -0.25) is 0 Å². The van der Waals surface area contributed by atoms with E-state index in [0.29, 0.717) is 29.2 Å². The third-order valence-electron chi connectivity index (χ3n) is 1.38. The van der Waals surface area contributed by atoms with E-state index in [0.717, 1.165) is 0 Å². The molecule has 0 radical (unpaired) electrons. The van der Waals surface area contributed by atoms with Gasteiger partial charge in [-0.05, 0) is 13.8 Å². The van der Waals surface area contributed by atoms with Crippen LogP contribution in [0.3, 0.4) is 0 Å². The highest BCUT2D eigenvalue weighted by molar-refractivity contribution is 8.22. The van der Waals surface area contributed by atoms with Crippen molar-refractivity contribution < 1.29 is 13.2 Å². The summed E-state index contributed by atoms with van der Waals surface area (Å²) in [5, 5.41) is 0. The van der Waals surface area contributed by atoms with Crippen molar-refractivity contribution in [2.75, 3.05) is 18.8 Å². The first-order chi connectivity index (χ1) is 5.90. The van der Waals surface area contributed by atoms with E-state index in [2.05, 4.69) is 0 Å². The van der Waals surface area contributed by atoms with Crippen molar-refractivity contribution >= 4 is 28.3 Å². The van der Waals surface area contributed by atoms with Crippen LogP contribution in [0.4, 0.5) is 13.2 Å². The molecule has 0 N–H and O–H groups in total. The molecule has 0 atom stereocenters.